The number of nitrogens with one attached hydrogen (secondary N) is 1. The number of thiophene rings is 1. The van der Waals surface area contributed by atoms with Crippen LogP contribution in [0.5, 0.6) is 0 Å². The Morgan fingerprint density at radius 3 is 2.89 bits per heavy atom. The standard InChI is InChI=1S/C20H17N5OS2/c21-16-12-9-11-5-1-2-6-13(11)23-19(12)28-17(16)18(26)25-20-24-15(10-27-20)14-7-3-4-8-22-14/h3-4,7-10H,1-2,5-6,21H2,(H,24,25,26). The molecule has 0 aliphatic heterocycles. The van der Waals surface area contributed by atoms with Crippen molar-refractivity contribution in [1.29, 1.82) is 0 Å². The second kappa shape index (κ2) is 6.96. The first-order valence-corrected chi connectivity index (χ1v) is 10.8. The highest BCUT2D eigenvalue weighted by atomic mass is 32.1. The quantitative estimate of drug-likeness (QED) is 0.520. The number of amides is 1. The predicted molar refractivity (Wildman–Crippen MR) is 114 cm³/mol. The van der Waals surface area contributed by atoms with Crippen LogP contribution in [-0.2, 0) is 12.8 Å². The van der Waals surface area contributed by atoms with E-state index in [0.29, 0.717) is 15.7 Å². The Balaban J connectivity index is 1.43. The van der Waals surface area contributed by atoms with Gasteiger partial charge in [0.05, 0.1) is 11.4 Å². The van der Waals surface area contributed by atoms with Crippen molar-refractivity contribution in [2.75, 3.05) is 11.1 Å². The lowest BCUT2D eigenvalue weighted by molar-refractivity contribution is 0.103. The van der Waals surface area contributed by atoms with Crippen molar-refractivity contribution >= 4 is 49.6 Å². The summed E-state index contributed by atoms with van der Waals surface area (Å²) in [5.41, 5.74) is 10.7. The number of thiazole rings is 1. The number of anilines is 2. The number of carbonyl (C=O) groups is 1. The Labute approximate surface area is 169 Å². The van der Waals surface area contributed by atoms with Gasteiger partial charge in [-0.3, -0.25) is 15.1 Å². The molecule has 0 saturated heterocycles. The molecule has 3 N–H and O–H groups in total. The Morgan fingerprint density at radius 2 is 2.04 bits per heavy atom. The molecule has 0 fully saturated rings. The Bertz CT molecular complexity index is 1180. The Hall–Kier alpha value is -2.84. The Morgan fingerprint density at radius 1 is 1.14 bits per heavy atom. The number of pyridine rings is 2. The molecule has 0 bridgehead atoms. The molecule has 0 radical (unpaired) electrons. The second-order valence-electron chi connectivity index (χ2n) is 6.71. The number of hydrogen-bond acceptors (Lipinski definition) is 7. The molecular weight excluding hydrogens is 390 g/mol. The van der Waals surface area contributed by atoms with Crippen molar-refractivity contribution in [3.05, 3.63) is 52.0 Å². The van der Waals surface area contributed by atoms with Crippen LogP contribution in [0.15, 0.2) is 35.8 Å². The third-order valence-electron chi connectivity index (χ3n) is 4.86. The van der Waals surface area contributed by atoms with Crippen LogP contribution in [0.1, 0.15) is 33.8 Å². The molecule has 4 heterocycles. The van der Waals surface area contributed by atoms with Gasteiger partial charge in [-0.1, -0.05) is 6.07 Å². The summed E-state index contributed by atoms with van der Waals surface area (Å²) in [6.07, 6.45) is 6.10. The van der Waals surface area contributed by atoms with E-state index in [2.05, 4.69) is 21.4 Å². The van der Waals surface area contributed by atoms with Gasteiger partial charge in [0.1, 0.15) is 15.4 Å². The highest BCUT2D eigenvalue weighted by molar-refractivity contribution is 7.21. The molecule has 0 unspecified atom stereocenters. The number of nitrogens with zero attached hydrogens (tertiary/aromatic N) is 3. The number of nitrogens with two attached hydrogens (primary N) is 1. The van der Waals surface area contributed by atoms with Crippen molar-refractivity contribution in [3.63, 3.8) is 0 Å². The zero-order valence-electron chi connectivity index (χ0n) is 14.9. The van der Waals surface area contributed by atoms with Crippen LogP contribution in [-0.4, -0.2) is 20.9 Å². The summed E-state index contributed by atoms with van der Waals surface area (Å²) >= 11 is 2.71. The molecule has 0 aromatic carbocycles. The molecule has 0 atom stereocenters. The van der Waals surface area contributed by atoms with E-state index in [4.69, 9.17) is 10.7 Å². The molecule has 140 valence electrons. The zero-order chi connectivity index (χ0) is 19.1. The fourth-order valence-corrected chi connectivity index (χ4v) is 5.14. The summed E-state index contributed by atoms with van der Waals surface area (Å²) < 4.78 is 0. The van der Waals surface area contributed by atoms with E-state index in [1.807, 2.05) is 23.6 Å². The number of rotatable bonds is 3. The maximum Gasteiger partial charge on any atom is 0.269 e. The maximum absolute atomic E-state index is 12.8. The van der Waals surface area contributed by atoms with Gasteiger partial charge < -0.3 is 5.73 Å². The minimum atomic E-state index is -0.250. The van der Waals surface area contributed by atoms with Gasteiger partial charge in [0.25, 0.3) is 5.91 Å². The monoisotopic (exact) mass is 407 g/mol. The van der Waals surface area contributed by atoms with Crippen molar-refractivity contribution in [1.82, 2.24) is 15.0 Å². The molecule has 5 rings (SSSR count). The van der Waals surface area contributed by atoms with Crippen LogP contribution < -0.4 is 11.1 Å². The summed E-state index contributed by atoms with van der Waals surface area (Å²) in [5, 5.41) is 6.14. The van der Waals surface area contributed by atoms with E-state index in [-0.39, 0.29) is 5.91 Å². The molecule has 1 aliphatic rings. The third-order valence-corrected chi connectivity index (χ3v) is 6.73. The smallest absolute Gasteiger partial charge is 0.269 e. The van der Waals surface area contributed by atoms with E-state index in [0.717, 1.165) is 40.1 Å². The number of hydrogen-bond donors (Lipinski definition) is 2. The first kappa shape index (κ1) is 17.3. The average Bonchev–Trinajstić information content (AvgIpc) is 3.32. The fraction of sp³-hybridized carbons (Fsp3) is 0.200. The van der Waals surface area contributed by atoms with Crippen LogP contribution >= 0.6 is 22.7 Å². The summed E-state index contributed by atoms with van der Waals surface area (Å²) in [6.45, 7) is 0. The first-order valence-electron chi connectivity index (χ1n) is 9.08. The number of aryl methyl sites for hydroxylation is 2. The highest BCUT2D eigenvalue weighted by Gasteiger charge is 2.21. The molecule has 4 aromatic heterocycles. The highest BCUT2D eigenvalue weighted by Crippen LogP contribution is 2.36. The SMILES string of the molecule is Nc1c(C(=O)Nc2nc(-c3ccccn3)cs2)sc2nc3c(cc12)CCCC3. The second-order valence-corrected chi connectivity index (χ2v) is 8.56. The number of fused-ring (bicyclic) bond motifs is 2. The van der Waals surface area contributed by atoms with Gasteiger partial charge in [-0.2, -0.15) is 0 Å². The zero-order valence-corrected chi connectivity index (χ0v) is 16.6. The van der Waals surface area contributed by atoms with Gasteiger partial charge in [-0.25, -0.2) is 9.97 Å². The van der Waals surface area contributed by atoms with Crippen LogP contribution in [0.2, 0.25) is 0 Å². The summed E-state index contributed by atoms with van der Waals surface area (Å²) in [4.78, 5) is 27.6. The minimum Gasteiger partial charge on any atom is -0.397 e. The van der Waals surface area contributed by atoms with Gasteiger partial charge >= 0.3 is 0 Å². The van der Waals surface area contributed by atoms with Crippen LogP contribution in [0.3, 0.4) is 0 Å². The van der Waals surface area contributed by atoms with Gasteiger partial charge in [0.2, 0.25) is 0 Å². The molecule has 1 aliphatic carbocycles. The van der Waals surface area contributed by atoms with Gasteiger partial charge in [-0.15, -0.1) is 22.7 Å². The summed E-state index contributed by atoms with van der Waals surface area (Å²) in [6, 6.07) is 7.76. The summed E-state index contributed by atoms with van der Waals surface area (Å²) in [5.74, 6) is -0.250. The molecule has 28 heavy (non-hydrogen) atoms. The van der Waals surface area contributed by atoms with Gasteiger partial charge in [0.15, 0.2) is 5.13 Å². The molecule has 1 amide bonds. The Kier molecular flexibility index (Phi) is 4.29. The molecule has 0 saturated carbocycles. The minimum absolute atomic E-state index is 0.250. The number of carbonyl (C=O) groups excluding carboxylic acids is 1. The summed E-state index contributed by atoms with van der Waals surface area (Å²) in [7, 11) is 0. The predicted octanol–water partition coefficient (Wildman–Crippen LogP) is 4.53. The van der Waals surface area contributed by atoms with Crippen LogP contribution in [0.25, 0.3) is 21.6 Å². The van der Waals surface area contributed by atoms with E-state index < -0.39 is 0 Å². The van der Waals surface area contributed by atoms with Crippen molar-refractivity contribution in [2.45, 2.75) is 25.7 Å². The molecule has 4 aromatic rings. The average molecular weight is 408 g/mol. The first-order chi connectivity index (χ1) is 13.7. The van der Waals surface area contributed by atoms with E-state index in [9.17, 15) is 4.79 Å². The van der Waals surface area contributed by atoms with Crippen molar-refractivity contribution < 1.29 is 4.79 Å². The lowest BCUT2D eigenvalue weighted by atomic mass is 9.95. The maximum atomic E-state index is 12.8. The molecule has 0 spiro atoms. The van der Waals surface area contributed by atoms with E-state index >= 15 is 0 Å². The van der Waals surface area contributed by atoms with E-state index in [1.54, 1.807) is 6.20 Å². The lowest BCUT2D eigenvalue weighted by Gasteiger charge is -2.14. The van der Waals surface area contributed by atoms with E-state index in [1.165, 1.54) is 41.1 Å². The van der Waals surface area contributed by atoms with Crippen molar-refractivity contribution in [2.24, 2.45) is 0 Å². The van der Waals surface area contributed by atoms with Gasteiger partial charge in [0, 0.05) is 22.7 Å². The topological polar surface area (TPSA) is 93.8 Å². The molecule has 8 heteroatoms. The normalized spacial score (nSPS) is 13.4. The lowest BCUT2D eigenvalue weighted by Crippen LogP contribution is -2.11. The van der Waals surface area contributed by atoms with Crippen molar-refractivity contribution in [3.8, 4) is 11.4 Å². The molecule has 6 nitrogen and oxygen atoms in total. The largest absolute Gasteiger partial charge is 0.397 e. The van der Waals surface area contributed by atoms with Crippen LogP contribution in [0, 0.1) is 0 Å². The number of aromatic nitrogens is 3. The van der Waals surface area contributed by atoms with Gasteiger partial charge in [-0.05, 0) is 49.4 Å². The number of nitrogen functional groups attached to an aromatic ring is 1. The fourth-order valence-electron chi connectivity index (χ4n) is 3.45. The molecular formula is C20H17N5OS2. The van der Waals surface area contributed by atoms with Crippen LogP contribution in [0.4, 0.5) is 10.8 Å². The third kappa shape index (κ3) is 3.04.